The van der Waals surface area contributed by atoms with Crippen LogP contribution in [0.4, 0.5) is 14.5 Å². The zero-order chi connectivity index (χ0) is 16.5. The van der Waals surface area contributed by atoms with E-state index in [2.05, 4.69) is 4.99 Å². The second kappa shape index (κ2) is 5.84. The summed E-state index contributed by atoms with van der Waals surface area (Å²) in [5.74, 6) is -2.97. The van der Waals surface area contributed by atoms with Crippen LogP contribution >= 0.6 is 0 Å². The fourth-order valence-corrected chi connectivity index (χ4v) is 2.96. The number of hydrogen-bond donors (Lipinski definition) is 2. The quantitative estimate of drug-likeness (QED) is 0.711. The number of ether oxygens (including phenoxy) is 3. The summed E-state index contributed by atoms with van der Waals surface area (Å²) < 4.78 is 45.3. The van der Waals surface area contributed by atoms with Gasteiger partial charge in [-0.3, -0.25) is 0 Å². The van der Waals surface area contributed by atoms with E-state index < -0.39 is 18.1 Å². The number of anilines is 1. The third-order valence-electron chi connectivity index (χ3n) is 4.13. The molecule has 0 fully saturated rings. The molecule has 0 aromatic heterocycles. The molecule has 1 aromatic rings. The van der Waals surface area contributed by atoms with E-state index in [-0.39, 0.29) is 30.5 Å². The van der Waals surface area contributed by atoms with Crippen LogP contribution in [-0.2, 0) is 15.0 Å². The maximum atomic E-state index is 14.9. The number of amidine groups is 1. The van der Waals surface area contributed by atoms with E-state index in [9.17, 15) is 8.78 Å². The number of hydrogen-bond acceptors (Lipinski definition) is 6. The van der Waals surface area contributed by atoms with Crippen molar-refractivity contribution in [3.63, 3.8) is 0 Å². The summed E-state index contributed by atoms with van der Waals surface area (Å²) in [7, 11) is 0. The highest BCUT2D eigenvalue weighted by Crippen LogP contribution is 2.50. The van der Waals surface area contributed by atoms with Gasteiger partial charge in [0.05, 0.1) is 6.61 Å². The zero-order valence-electron chi connectivity index (χ0n) is 12.6. The van der Waals surface area contributed by atoms with E-state index in [4.69, 9.17) is 25.7 Å². The van der Waals surface area contributed by atoms with Crippen LogP contribution in [0, 0.1) is 0 Å². The second-order valence-corrected chi connectivity index (χ2v) is 5.69. The van der Waals surface area contributed by atoms with E-state index in [1.54, 1.807) is 12.1 Å². The van der Waals surface area contributed by atoms with Crippen molar-refractivity contribution in [2.24, 2.45) is 10.7 Å². The minimum atomic E-state index is -3.23. The van der Waals surface area contributed by atoms with E-state index in [0.29, 0.717) is 25.1 Å². The summed E-state index contributed by atoms with van der Waals surface area (Å²) in [6.45, 7) is -0.414. The van der Waals surface area contributed by atoms with E-state index in [1.807, 2.05) is 0 Å². The molecular formula is C15H19F2N3O3. The molecule has 126 valence electrons. The van der Waals surface area contributed by atoms with Crippen LogP contribution in [-0.4, -0.2) is 32.0 Å². The molecule has 8 heteroatoms. The number of rotatable bonds is 0. The lowest BCUT2D eigenvalue weighted by Gasteiger charge is -2.41. The molecule has 2 heterocycles. The van der Waals surface area contributed by atoms with Crippen molar-refractivity contribution in [3.05, 3.63) is 23.8 Å². The fraction of sp³-hybridized carbons (Fsp3) is 0.533. The predicted molar refractivity (Wildman–Crippen MR) is 80.4 cm³/mol. The van der Waals surface area contributed by atoms with Crippen LogP contribution in [0.5, 0.6) is 5.75 Å². The van der Waals surface area contributed by atoms with Gasteiger partial charge in [-0.2, -0.15) is 8.78 Å². The summed E-state index contributed by atoms with van der Waals surface area (Å²) in [4.78, 5) is 4.03. The average Bonchev–Trinajstić information content (AvgIpc) is 2.51. The number of nitrogen functional groups attached to an aromatic ring is 1. The molecule has 3 rings (SSSR count). The van der Waals surface area contributed by atoms with Gasteiger partial charge in [0, 0.05) is 11.3 Å². The topological polar surface area (TPSA) is 92.1 Å². The van der Waals surface area contributed by atoms with Gasteiger partial charge in [-0.25, -0.2) is 4.99 Å². The van der Waals surface area contributed by atoms with Crippen LogP contribution in [0.15, 0.2) is 23.2 Å². The minimum absolute atomic E-state index is 0.0196. The number of aliphatic imine (C=N–C) groups is 1. The van der Waals surface area contributed by atoms with Crippen molar-refractivity contribution < 1.29 is 23.0 Å². The summed E-state index contributed by atoms with van der Waals surface area (Å²) in [6.07, 6.45) is 1.21. The molecule has 0 amide bonds. The molecular weight excluding hydrogens is 308 g/mol. The molecule has 1 atom stereocenters. The van der Waals surface area contributed by atoms with Crippen molar-refractivity contribution in [2.75, 3.05) is 25.7 Å². The molecule has 0 saturated carbocycles. The third kappa shape index (κ3) is 2.78. The van der Waals surface area contributed by atoms with Crippen molar-refractivity contribution in [1.29, 1.82) is 0 Å². The largest absolute Gasteiger partial charge is 0.467 e. The number of benzene rings is 1. The number of nitrogens with two attached hydrogens (primary N) is 2. The molecule has 0 aliphatic carbocycles. The molecule has 0 saturated heterocycles. The lowest BCUT2D eigenvalue weighted by molar-refractivity contribution is -0.128. The van der Waals surface area contributed by atoms with Crippen LogP contribution < -0.4 is 16.2 Å². The molecule has 1 spiro atoms. The third-order valence-corrected chi connectivity index (χ3v) is 4.13. The lowest BCUT2D eigenvalue weighted by atomic mass is 9.78. The Morgan fingerprint density at radius 2 is 1.96 bits per heavy atom. The van der Waals surface area contributed by atoms with Gasteiger partial charge >= 0.3 is 5.92 Å². The van der Waals surface area contributed by atoms with Gasteiger partial charge in [-0.15, -0.1) is 0 Å². The van der Waals surface area contributed by atoms with Crippen LogP contribution in [0.2, 0.25) is 0 Å². The van der Waals surface area contributed by atoms with Gasteiger partial charge in [-0.05, 0) is 37.5 Å². The summed E-state index contributed by atoms with van der Waals surface area (Å²) >= 11 is 0. The maximum Gasteiger partial charge on any atom is 0.310 e. The normalized spacial score (nSPS) is 27.3. The molecule has 0 bridgehead atoms. The van der Waals surface area contributed by atoms with Crippen molar-refractivity contribution in [2.45, 2.75) is 30.7 Å². The summed E-state index contributed by atoms with van der Waals surface area (Å²) in [6, 6.07) is 4.35. The van der Waals surface area contributed by atoms with Gasteiger partial charge in [0.2, 0.25) is 0 Å². The Bertz CT molecular complexity index is 624. The number of halogens is 2. The number of fused-ring (bicyclic) bond motifs is 2. The fourth-order valence-electron chi connectivity index (χ4n) is 2.96. The molecule has 6 nitrogen and oxygen atoms in total. The summed E-state index contributed by atoms with van der Waals surface area (Å²) in [5, 5.41) is 0. The Labute approximate surface area is 132 Å². The maximum absolute atomic E-state index is 14.9. The number of nitrogens with zero attached hydrogens (tertiary/aromatic N) is 1. The lowest BCUT2D eigenvalue weighted by Crippen LogP contribution is -2.53. The van der Waals surface area contributed by atoms with Crippen molar-refractivity contribution in [3.8, 4) is 5.75 Å². The Morgan fingerprint density at radius 3 is 2.78 bits per heavy atom. The zero-order valence-corrected chi connectivity index (χ0v) is 12.6. The molecule has 1 aromatic carbocycles. The minimum Gasteiger partial charge on any atom is -0.467 e. The first-order valence-corrected chi connectivity index (χ1v) is 7.41. The monoisotopic (exact) mass is 327 g/mol. The van der Waals surface area contributed by atoms with Crippen LogP contribution in [0.1, 0.15) is 24.8 Å². The first-order valence-electron chi connectivity index (χ1n) is 7.41. The standard InChI is InChI=1S/C15H19F2N3O3/c16-15(17)8-22-13(19)20-14(15)5-1-2-6-21-9-23-12-4-3-10(18)7-11(12)14/h3-4,7H,1-2,5-6,8-9,18H2,(H2,19,20)/t14-/m1/s1. The first-order chi connectivity index (χ1) is 10.9. The van der Waals surface area contributed by atoms with Crippen molar-refractivity contribution in [1.82, 2.24) is 0 Å². The number of alkyl halides is 2. The summed E-state index contributed by atoms with van der Waals surface area (Å²) in [5.41, 5.74) is 10.1. The Hall–Kier alpha value is -2.09. The van der Waals surface area contributed by atoms with Crippen LogP contribution in [0.3, 0.4) is 0 Å². The molecule has 0 radical (unpaired) electrons. The van der Waals surface area contributed by atoms with Gasteiger partial charge in [0.25, 0.3) is 6.02 Å². The average molecular weight is 327 g/mol. The van der Waals surface area contributed by atoms with Crippen LogP contribution in [0.25, 0.3) is 0 Å². The first kappa shape index (κ1) is 15.8. The highest BCUT2D eigenvalue weighted by molar-refractivity contribution is 5.74. The van der Waals surface area contributed by atoms with Gasteiger partial charge in [0.15, 0.2) is 18.9 Å². The van der Waals surface area contributed by atoms with Gasteiger partial charge in [-0.1, -0.05) is 0 Å². The molecule has 2 aliphatic rings. The molecule has 0 unspecified atom stereocenters. The SMILES string of the molecule is NC1=N[C@@]2(CCCCOCOc3ccc(N)cc32)C(F)(F)CO1. The highest BCUT2D eigenvalue weighted by atomic mass is 19.3. The van der Waals surface area contributed by atoms with Gasteiger partial charge < -0.3 is 25.7 Å². The second-order valence-electron chi connectivity index (χ2n) is 5.69. The van der Waals surface area contributed by atoms with Crippen molar-refractivity contribution >= 4 is 11.7 Å². The Kier molecular flexibility index (Phi) is 4.01. The van der Waals surface area contributed by atoms with Gasteiger partial charge in [0.1, 0.15) is 5.75 Å². The van der Waals surface area contributed by atoms with E-state index in [0.717, 1.165) is 0 Å². The molecule has 4 N–H and O–H groups in total. The Balaban J connectivity index is 2.20. The predicted octanol–water partition coefficient (Wildman–Crippen LogP) is 1.98. The molecule has 2 aliphatic heterocycles. The molecule has 23 heavy (non-hydrogen) atoms. The van der Waals surface area contributed by atoms with E-state index >= 15 is 0 Å². The van der Waals surface area contributed by atoms with E-state index in [1.165, 1.54) is 6.07 Å². The smallest absolute Gasteiger partial charge is 0.310 e. The Morgan fingerprint density at radius 1 is 1.13 bits per heavy atom. The highest BCUT2D eigenvalue weighted by Gasteiger charge is 2.59.